The van der Waals surface area contributed by atoms with E-state index < -0.39 is 29.4 Å². The van der Waals surface area contributed by atoms with Gasteiger partial charge in [0.1, 0.15) is 5.56 Å². The monoisotopic (exact) mass is 360 g/mol. The molecule has 9 heteroatoms. The Hall–Kier alpha value is -3.20. The summed E-state index contributed by atoms with van der Waals surface area (Å²) in [6.45, 7) is 1.59. The van der Waals surface area contributed by atoms with Crippen LogP contribution >= 0.6 is 0 Å². The molecule has 138 valence electrons. The van der Waals surface area contributed by atoms with Crippen molar-refractivity contribution in [2.45, 2.75) is 25.8 Å². The summed E-state index contributed by atoms with van der Waals surface area (Å²) in [7, 11) is 1.63. The Morgan fingerprint density at radius 3 is 2.42 bits per heavy atom. The lowest BCUT2D eigenvalue weighted by Gasteiger charge is -2.09. The number of aliphatic carboxylic acids is 1. The van der Waals surface area contributed by atoms with Crippen LogP contribution in [-0.4, -0.2) is 38.3 Å². The molecule has 26 heavy (non-hydrogen) atoms. The molecule has 1 atom stereocenters. The molecule has 1 heterocycles. The molecular weight excluding hydrogens is 340 g/mol. The second-order valence-electron chi connectivity index (χ2n) is 5.79. The van der Waals surface area contributed by atoms with E-state index in [0.29, 0.717) is 11.4 Å². The first kappa shape index (κ1) is 19.1. The number of nitrogens with one attached hydrogen (secondary N) is 1. The van der Waals surface area contributed by atoms with Gasteiger partial charge in [-0.05, 0) is 25.5 Å². The average molecular weight is 360 g/mol. The molecule has 1 aromatic carbocycles. The molecule has 1 aromatic heterocycles. The van der Waals surface area contributed by atoms with Crippen LogP contribution in [0.25, 0.3) is 5.69 Å². The molecule has 0 saturated heterocycles. The predicted octanol–water partition coefficient (Wildman–Crippen LogP) is -0.0671. The maximum atomic E-state index is 12.7. The number of benzene rings is 1. The van der Waals surface area contributed by atoms with Gasteiger partial charge in [-0.1, -0.05) is 18.2 Å². The molecule has 2 rings (SSSR count). The first-order valence-electron chi connectivity index (χ1n) is 7.90. The Kier molecular flexibility index (Phi) is 5.73. The number of nitrogens with two attached hydrogens (primary N) is 1. The van der Waals surface area contributed by atoms with Crippen molar-refractivity contribution in [3.8, 4) is 5.69 Å². The van der Waals surface area contributed by atoms with Crippen LogP contribution in [0.1, 0.15) is 28.9 Å². The fraction of sp³-hybridized carbons (Fsp3) is 0.294. The van der Waals surface area contributed by atoms with Gasteiger partial charge in [-0.3, -0.25) is 29.2 Å². The Morgan fingerprint density at radius 1 is 1.23 bits per heavy atom. The summed E-state index contributed by atoms with van der Waals surface area (Å²) in [6.07, 6.45) is -0.412. The standard InChI is InChI=1S/C17H20N4O5/c1-10-14(16(25)19-15(24)12(18)8-9-13(22)23)17(26)21(20(10)2)11-6-4-3-5-7-11/h3-7,12H,8-9,18H2,1-2H3,(H,22,23)(H,19,24,25)/t12-/m0/s1. The molecule has 9 nitrogen and oxygen atoms in total. The summed E-state index contributed by atoms with van der Waals surface area (Å²) < 4.78 is 2.83. The smallest absolute Gasteiger partial charge is 0.303 e. The third kappa shape index (κ3) is 3.89. The molecule has 0 fully saturated rings. The van der Waals surface area contributed by atoms with Crippen molar-refractivity contribution in [2.24, 2.45) is 12.8 Å². The summed E-state index contributed by atoms with van der Waals surface area (Å²) in [5.74, 6) is -2.79. The second-order valence-corrected chi connectivity index (χ2v) is 5.79. The van der Waals surface area contributed by atoms with E-state index in [2.05, 4.69) is 5.32 Å². The minimum atomic E-state index is -1.16. The maximum Gasteiger partial charge on any atom is 0.303 e. The Morgan fingerprint density at radius 2 is 1.85 bits per heavy atom. The maximum absolute atomic E-state index is 12.7. The van der Waals surface area contributed by atoms with Gasteiger partial charge in [0.2, 0.25) is 5.91 Å². The minimum Gasteiger partial charge on any atom is -0.481 e. The van der Waals surface area contributed by atoms with Gasteiger partial charge in [-0.2, -0.15) is 0 Å². The van der Waals surface area contributed by atoms with Crippen LogP contribution in [-0.2, 0) is 16.6 Å². The van der Waals surface area contributed by atoms with Crippen LogP contribution in [0.2, 0.25) is 0 Å². The van der Waals surface area contributed by atoms with E-state index in [0.717, 1.165) is 0 Å². The van der Waals surface area contributed by atoms with E-state index in [4.69, 9.17) is 10.8 Å². The molecule has 0 spiro atoms. The highest BCUT2D eigenvalue weighted by molar-refractivity contribution is 6.06. The number of rotatable bonds is 6. The second kappa shape index (κ2) is 7.79. The van der Waals surface area contributed by atoms with Gasteiger partial charge < -0.3 is 10.8 Å². The van der Waals surface area contributed by atoms with Crippen molar-refractivity contribution < 1.29 is 19.5 Å². The highest BCUT2D eigenvalue weighted by Crippen LogP contribution is 2.10. The van der Waals surface area contributed by atoms with Gasteiger partial charge in [0.15, 0.2) is 0 Å². The Labute approximate surface area is 149 Å². The molecule has 0 aliphatic heterocycles. The average Bonchev–Trinajstić information content (AvgIpc) is 2.82. The first-order valence-corrected chi connectivity index (χ1v) is 7.90. The van der Waals surface area contributed by atoms with Gasteiger partial charge >= 0.3 is 5.97 Å². The zero-order valence-electron chi connectivity index (χ0n) is 14.4. The van der Waals surface area contributed by atoms with Gasteiger partial charge in [0.05, 0.1) is 17.4 Å². The van der Waals surface area contributed by atoms with Crippen molar-refractivity contribution in [3.05, 3.63) is 51.9 Å². The number of nitrogens with zero attached hydrogens (tertiary/aromatic N) is 2. The zero-order chi connectivity index (χ0) is 19.4. The largest absolute Gasteiger partial charge is 0.481 e. The summed E-state index contributed by atoms with van der Waals surface area (Å²) in [5.41, 5.74) is 5.79. The van der Waals surface area contributed by atoms with Crippen LogP contribution in [0.15, 0.2) is 35.1 Å². The van der Waals surface area contributed by atoms with Gasteiger partial charge in [0.25, 0.3) is 11.5 Å². The van der Waals surface area contributed by atoms with Gasteiger partial charge in [-0.15, -0.1) is 0 Å². The van der Waals surface area contributed by atoms with E-state index in [9.17, 15) is 19.2 Å². The predicted molar refractivity (Wildman–Crippen MR) is 93.1 cm³/mol. The topological polar surface area (TPSA) is 136 Å². The van der Waals surface area contributed by atoms with Crippen LogP contribution in [0.5, 0.6) is 0 Å². The van der Waals surface area contributed by atoms with Crippen LogP contribution in [0.4, 0.5) is 0 Å². The van der Waals surface area contributed by atoms with Gasteiger partial charge in [-0.25, -0.2) is 4.68 Å². The molecule has 0 radical (unpaired) electrons. The highest BCUT2D eigenvalue weighted by Gasteiger charge is 2.25. The summed E-state index contributed by atoms with van der Waals surface area (Å²) in [5, 5.41) is 10.7. The van der Waals surface area contributed by atoms with Crippen LogP contribution in [0.3, 0.4) is 0 Å². The number of carboxylic acids is 1. The molecule has 0 unspecified atom stereocenters. The van der Waals surface area contributed by atoms with Crippen molar-refractivity contribution >= 4 is 17.8 Å². The Balaban J connectivity index is 2.26. The number of aromatic nitrogens is 2. The van der Waals surface area contributed by atoms with E-state index in [1.807, 2.05) is 0 Å². The minimum absolute atomic E-state index is 0.115. The number of carbonyl (C=O) groups excluding carboxylic acids is 2. The third-order valence-electron chi connectivity index (χ3n) is 4.02. The number of amides is 2. The highest BCUT2D eigenvalue weighted by atomic mass is 16.4. The third-order valence-corrected chi connectivity index (χ3v) is 4.02. The summed E-state index contributed by atoms with van der Waals surface area (Å²) in [6, 6.07) is 7.60. The zero-order valence-corrected chi connectivity index (χ0v) is 14.4. The van der Waals surface area contributed by atoms with Crippen LogP contribution < -0.4 is 16.6 Å². The molecule has 0 saturated carbocycles. The van der Waals surface area contributed by atoms with E-state index >= 15 is 0 Å². The normalized spacial score (nSPS) is 11.8. The molecule has 0 bridgehead atoms. The molecule has 2 amide bonds. The quantitative estimate of drug-likeness (QED) is 0.660. The summed E-state index contributed by atoms with van der Waals surface area (Å²) in [4.78, 5) is 47.6. The fourth-order valence-corrected chi connectivity index (χ4v) is 2.51. The summed E-state index contributed by atoms with van der Waals surface area (Å²) >= 11 is 0. The van der Waals surface area contributed by atoms with Crippen molar-refractivity contribution in [2.75, 3.05) is 0 Å². The lowest BCUT2D eigenvalue weighted by molar-refractivity contribution is -0.137. The van der Waals surface area contributed by atoms with Crippen molar-refractivity contribution in [3.63, 3.8) is 0 Å². The molecular formula is C17H20N4O5. The lowest BCUT2D eigenvalue weighted by atomic mass is 10.1. The van der Waals surface area contributed by atoms with E-state index in [1.165, 1.54) is 9.36 Å². The van der Waals surface area contributed by atoms with Crippen molar-refractivity contribution in [1.82, 2.24) is 14.7 Å². The SMILES string of the molecule is Cc1c(C(=O)NC(=O)[C@@H](N)CCC(=O)O)c(=O)n(-c2ccccc2)n1C. The van der Waals surface area contributed by atoms with E-state index in [-0.39, 0.29) is 18.4 Å². The number of carboxylic acid groups (broad SMARTS) is 1. The lowest BCUT2D eigenvalue weighted by Crippen LogP contribution is -2.44. The number of para-hydroxylation sites is 1. The van der Waals surface area contributed by atoms with E-state index in [1.54, 1.807) is 44.3 Å². The number of carbonyl (C=O) groups is 3. The molecule has 0 aliphatic carbocycles. The fourth-order valence-electron chi connectivity index (χ4n) is 2.51. The van der Waals surface area contributed by atoms with Gasteiger partial charge in [0, 0.05) is 13.5 Å². The molecule has 2 aromatic rings. The number of hydrogen-bond acceptors (Lipinski definition) is 5. The first-order chi connectivity index (χ1) is 12.2. The molecule has 0 aliphatic rings. The number of imide groups is 1. The van der Waals surface area contributed by atoms with Crippen LogP contribution in [0, 0.1) is 6.92 Å². The molecule has 4 N–H and O–H groups in total. The number of hydrogen-bond donors (Lipinski definition) is 3. The Bertz CT molecular complexity index is 898. The van der Waals surface area contributed by atoms with Crippen molar-refractivity contribution in [1.29, 1.82) is 0 Å².